The Morgan fingerprint density at radius 2 is 1.75 bits per heavy atom. The van der Waals surface area contributed by atoms with E-state index in [1.165, 1.54) is 6.92 Å². The highest BCUT2D eigenvalue weighted by molar-refractivity contribution is 7.93. The molecule has 7 nitrogen and oxygen atoms in total. The van der Waals surface area contributed by atoms with E-state index in [1.807, 2.05) is 0 Å². The predicted octanol–water partition coefficient (Wildman–Crippen LogP) is -1.19. The molecule has 2 N–H and O–H groups in total. The summed E-state index contributed by atoms with van der Waals surface area (Å²) in [6, 6.07) is -0.762. The molecule has 0 fully saturated rings. The van der Waals surface area contributed by atoms with Crippen LogP contribution in [0.15, 0.2) is 0 Å². The fraction of sp³-hybridized carbons (Fsp3) is 0.857. The SMILES string of the molecule is CC(CC(=O)O)NS(=O)(=O)CCS(C)(=O)=O. The first-order chi connectivity index (χ1) is 7.02. The summed E-state index contributed by atoms with van der Waals surface area (Å²) in [5.41, 5.74) is 0. The molecule has 0 aliphatic carbocycles. The molecule has 1 atom stereocenters. The number of aliphatic carboxylic acids is 1. The van der Waals surface area contributed by atoms with Gasteiger partial charge in [-0.15, -0.1) is 0 Å². The van der Waals surface area contributed by atoms with Crippen LogP contribution < -0.4 is 4.72 Å². The average Bonchev–Trinajstić information content (AvgIpc) is 1.96. The minimum absolute atomic E-state index is 0.349. The number of carboxylic acid groups (broad SMARTS) is 1. The Morgan fingerprint density at radius 1 is 1.25 bits per heavy atom. The van der Waals surface area contributed by atoms with E-state index < -0.39 is 43.4 Å². The molecule has 0 spiro atoms. The number of sulfone groups is 1. The lowest BCUT2D eigenvalue weighted by molar-refractivity contribution is -0.137. The number of hydrogen-bond donors (Lipinski definition) is 2. The Hall–Kier alpha value is -0.670. The maximum Gasteiger partial charge on any atom is 0.304 e. The largest absolute Gasteiger partial charge is 0.481 e. The second-order valence-corrected chi connectivity index (χ2v) is 7.70. The van der Waals surface area contributed by atoms with Gasteiger partial charge in [0.05, 0.1) is 17.9 Å². The van der Waals surface area contributed by atoms with Crippen LogP contribution in [0.4, 0.5) is 0 Å². The van der Waals surface area contributed by atoms with Crippen molar-refractivity contribution in [1.82, 2.24) is 4.72 Å². The van der Waals surface area contributed by atoms with Crippen LogP contribution in [0, 0.1) is 0 Å². The summed E-state index contributed by atoms with van der Waals surface area (Å²) < 4.78 is 46.2. The molecule has 0 aliphatic heterocycles. The average molecular weight is 273 g/mol. The van der Waals surface area contributed by atoms with Crippen molar-refractivity contribution in [1.29, 1.82) is 0 Å². The quantitative estimate of drug-likeness (QED) is 0.602. The van der Waals surface area contributed by atoms with Crippen LogP contribution in [0.2, 0.25) is 0 Å². The van der Waals surface area contributed by atoms with Gasteiger partial charge in [-0.2, -0.15) is 0 Å². The van der Waals surface area contributed by atoms with Gasteiger partial charge < -0.3 is 5.11 Å². The molecule has 0 radical (unpaired) electrons. The molecular weight excluding hydrogens is 258 g/mol. The van der Waals surface area contributed by atoms with Crippen LogP contribution in [0.3, 0.4) is 0 Å². The third-order valence-corrected chi connectivity index (χ3v) is 4.29. The summed E-state index contributed by atoms with van der Waals surface area (Å²) >= 11 is 0. The van der Waals surface area contributed by atoms with Crippen molar-refractivity contribution in [3.63, 3.8) is 0 Å². The Kier molecular flexibility index (Phi) is 5.36. The monoisotopic (exact) mass is 273 g/mol. The van der Waals surface area contributed by atoms with Crippen molar-refractivity contribution < 1.29 is 26.7 Å². The molecule has 0 aromatic carbocycles. The number of sulfonamides is 1. The van der Waals surface area contributed by atoms with Crippen LogP contribution >= 0.6 is 0 Å². The van der Waals surface area contributed by atoms with E-state index in [9.17, 15) is 21.6 Å². The van der Waals surface area contributed by atoms with E-state index in [1.54, 1.807) is 0 Å². The van der Waals surface area contributed by atoms with Crippen molar-refractivity contribution in [3.8, 4) is 0 Å². The van der Waals surface area contributed by atoms with E-state index >= 15 is 0 Å². The van der Waals surface area contributed by atoms with E-state index in [0.717, 1.165) is 6.26 Å². The predicted molar refractivity (Wildman–Crippen MR) is 58.3 cm³/mol. The maximum atomic E-state index is 11.3. The lowest BCUT2D eigenvalue weighted by Crippen LogP contribution is -2.37. The normalized spacial score (nSPS) is 14.6. The fourth-order valence-corrected chi connectivity index (χ4v) is 3.83. The Bertz CT molecular complexity index is 437. The molecule has 0 amide bonds. The summed E-state index contributed by atoms with van der Waals surface area (Å²) in [5.74, 6) is -2.17. The molecule has 96 valence electrons. The zero-order chi connectivity index (χ0) is 13.0. The first-order valence-electron chi connectivity index (χ1n) is 4.41. The van der Waals surface area contributed by atoms with Crippen molar-refractivity contribution in [2.75, 3.05) is 17.8 Å². The fourth-order valence-electron chi connectivity index (χ4n) is 0.930. The van der Waals surface area contributed by atoms with Crippen molar-refractivity contribution in [2.45, 2.75) is 19.4 Å². The van der Waals surface area contributed by atoms with Gasteiger partial charge in [-0.3, -0.25) is 4.79 Å². The Balaban J connectivity index is 4.31. The van der Waals surface area contributed by atoms with Crippen LogP contribution in [0.5, 0.6) is 0 Å². The molecule has 1 unspecified atom stereocenters. The maximum absolute atomic E-state index is 11.3. The second kappa shape index (κ2) is 5.60. The van der Waals surface area contributed by atoms with Crippen molar-refractivity contribution >= 4 is 25.8 Å². The van der Waals surface area contributed by atoms with Gasteiger partial charge in [0, 0.05) is 12.3 Å². The van der Waals surface area contributed by atoms with Gasteiger partial charge in [0.2, 0.25) is 10.0 Å². The zero-order valence-electron chi connectivity index (χ0n) is 9.00. The molecule has 0 saturated heterocycles. The number of rotatable bonds is 7. The molecule has 0 aromatic rings. The molecule has 0 heterocycles. The topological polar surface area (TPSA) is 118 Å². The van der Waals surface area contributed by atoms with Crippen LogP contribution in [0.25, 0.3) is 0 Å². The van der Waals surface area contributed by atoms with Crippen molar-refractivity contribution in [2.24, 2.45) is 0 Å². The van der Waals surface area contributed by atoms with Gasteiger partial charge in [-0.1, -0.05) is 0 Å². The minimum atomic E-state index is -3.75. The van der Waals surface area contributed by atoms with E-state index in [0.29, 0.717) is 0 Å². The third kappa shape index (κ3) is 8.62. The summed E-state index contributed by atoms with van der Waals surface area (Å²) in [5, 5.41) is 8.41. The molecule has 0 aromatic heterocycles. The van der Waals surface area contributed by atoms with E-state index in [-0.39, 0.29) is 6.42 Å². The van der Waals surface area contributed by atoms with Gasteiger partial charge in [0.1, 0.15) is 9.84 Å². The standard InChI is InChI=1S/C7H15NO6S2/c1-6(5-7(9)10)8-16(13,14)4-3-15(2,11)12/h6,8H,3-5H2,1-2H3,(H,9,10). The van der Waals surface area contributed by atoms with Crippen LogP contribution in [-0.4, -0.2) is 51.7 Å². The van der Waals surface area contributed by atoms with Gasteiger partial charge in [-0.05, 0) is 6.92 Å². The molecule has 0 saturated carbocycles. The zero-order valence-corrected chi connectivity index (χ0v) is 10.6. The lowest BCUT2D eigenvalue weighted by Gasteiger charge is -2.11. The van der Waals surface area contributed by atoms with E-state index in [4.69, 9.17) is 5.11 Å². The van der Waals surface area contributed by atoms with Gasteiger partial charge in [-0.25, -0.2) is 21.6 Å². The first kappa shape index (κ1) is 15.3. The highest BCUT2D eigenvalue weighted by Gasteiger charge is 2.18. The minimum Gasteiger partial charge on any atom is -0.481 e. The summed E-state index contributed by atoms with van der Waals surface area (Å²) in [6.45, 7) is 1.39. The highest BCUT2D eigenvalue weighted by atomic mass is 32.2. The Labute approximate surface area is 94.8 Å². The Morgan fingerprint density at radius 3 is 2.12 bits per heavy atom. The third-order valence-electron chi connectivity index (χ3n) is 1.58. The summed E-state index contributed by atoms with van der Waals surface area (Å²) in [7, 11) is -7.10. The summed E-state index contributed by atoms with van der Waals surface area (Å²) in [4.78, 5) is 10.3. The molecule has 0 aliphatic rings. The van der Waals surface area contributed by atoms with Crippen molar-refractivity contribution in [3.05, 3.63) is 0 Å². The van der Waals surface area contributed by atoms with Crippen LogP contribution in [0.1, 0.15) is 13.3 Å². The number of carbonyl (C=O) groups is 1. The molecule has 0 rings (SSSR count). The second-order valence-electron chi connectivity index (χ2n) is 3.57. The van der Waals surface area contributed by atoms with Gasteiger partial charge in [0.25, 0.3) is 0 Å². The van der Waals surface area contributed by atoms with Gasteiger partial charge >= 0.3 is 5.97 Å². The van der Waals surface area contributed by atoms with Crippen LogP contribution in [-0.2, 0) is 24.7 Å². The number of hydrogen-bond acceptors (Lipinski definition) is 5. The molecule has 9 heteroatoms. The molecule has 0 bridgehead atoms. The van der Waals surface area contributed by atoms with E-state index in [2.05, 4.69) is 4.72 Å². The first-order valence-corrected chi connectivity index (χ1v) is 8.12. The smallest absolute Gasteiger partial charge is 0.304 e. The lowest BCUT2D eigenvalue weighted by atomic mass is 10.3. The number of nitrogens with one attached hydrogen (secondary N) is 1. The highest BCUT2D eigenvalue weighted by Crippen LogP contribution is 1.96. The van der Waals surface area contributed by atoms with Gasteiger partial charge in [0.15, 0.2) is 0 Å². The summed E-state index contributed by atoms with van der Waals surface area (Å²) in [6.07, 6.45) is 0.585. The molecular formula is C7H15NO6S2. The molecule has 16 heavy (non-hydrogen) atoms. The number of carboxylic acids is 1.